The molecular formula is C19H17AsF6S. The van der Waals surface area contributed by atoms with Crippen LogP contribution in [0.3, 0.4) is 0 Å². The summed E-state index contributed by atoms with van der Waals surface area (Å²) in [5, 5.41) is 0. The van der Waals surface area contributed by atoms with Crippen LogP contribution in [-0.4, -0.2) is 14.2 Å². The zero-order valence-electron chi connectivity index (χ0n) is 14.2. The van der Waals surface area contributed by atoms with E-state index in [0.717, 1.165) is 0 Å². The average molecular weight is 466 g/mol. The van der Waals surface area contributed by atoms with Crippen molar-refractivity contribution < 1.29 is 20.8 Å². The summed E-state index contributed by atoms with van der Waals surface area (Å²) in [5.74, 6) is 0. The summed E-state index contributed by atoms with van der Waals surface area (Å²) in [4.78, 5) is 4.10. The van der Waals surface area contributed by atoms with Gasteiger partial charge in [-0.3, -0.25) is 0 Å². The third-order valence-corrected chi connectivity index (χ3v) is 5.45. The quantitative estimate of drug-likeness (QED) is 0.217. The summed E-state index contributed by atoms with van der Waals surface area (Å²) < 4.78 is 59.4. The Hall–Kier alpha value is -1.85. The molecule has 0 atom stereocenters. The third kappa shape index (κ3) is 9.07. The first-order valence-electron chi connectivity index (χ1n) is 7.77. The molecular weight excluding hydrogens is 449 g/mol. The van der Waals surface area contributed by atoms with Gasteiger partial charge < -0.3 is 0 Å². The predicted molar refractivity (Wildman–Crippen MR) is 98.6 cm³/mol. The van der Waals surface area contributed by atoms with Gasteiger partial charge in [-0.25, -0.2) is 0 Å². The molecule has 0 amide bonds. The molecule has 0 spiro atoms. The van der Waals surface area contributed by atoms with Gasteiger partial charge in [0.15, 0.2) is 14.7 Å². The van der Waals surface area contributed by atoms with E-state index in [-0.39, 0.29) is 10.9 Å². The number of rotatable bonds is 3. The van der Waals surface area contributed by atoms with Crippen molar-refractivity contribution in [3.8, 4) is 0 Å². The Morgan fingerprint density at radius 2 is 0.815 bits per heavy atom. The SMILES string of the molecule is Cc1ccc([S+](c2ccccc2)c2ccccc2)cc1.F[As-](F)(F)(F)(F)F. The first-order chi connectivity index (χ1) is 12.3. The van der Waals surface area contributed by atoms with E-state index in [1.165, 1.54) is 20.2 Å². The van der Waals surface area contributed by atoms with Crippen LogP contribution >= 0.6 is 0 Å². The van der Waals surface area contributed by atoms with Crippen LogP contribution in [0.15, 0.2) is 99.6 Å². The van der Waals surface area contributed by atoms with Crippen LogP contribution in [0.5, 0.6) is 0 Å². The summed E-state index contributed by atoms with van der Waals surface area (Å²) in [6, 6.07) is 30.4. The number of hydrogen-bond acceptors (Lipinski definition) is 0. The molecule has 0 bridgehead atoms. The zero-order valence-corrected chi connectivity index (χ0v) is 16.9. The third-order valence-electron chi connectivity index (χ3n) is 3.21. The van der Waals surface area contributed by atoms with Gasteiger partial charge in [0.1, 0.15) is 0 Å². The van der Waals surface area contributed by atoms with Crippen molar-refractivity contribution in [1.82, 2.24) is 0 Å². The molecule has 3 rings (SSSR count). The topological polar surface area (TPSA) is 0 Å². The molecule has 0 nitrogen and oxygen atoms in total. The van der Waals surface area contributed by atoms with Crippen molar-refractivity contribution in [1.29, 1.82) is 0 Å². The second-order valence-electron chi connectivity index (χ2n) is 5.70. The van der Waals surface area contributed by atoms with Gasteiger partial charge in [-0.05, 0) is 43.3 Å². The van der Waals surface area contributed by atoms with Crippen molar-refractivity contribution in [2.24, 2.45) is 0 Å². The molecule has 3 aromatic rings. The molecule has 27 heavy (non-hydrogen) atoms. The van der Waals surface area contributed by atoms with Gasteiger partial charge in [-0.15, -0.1) is 0 Å². The van der Waals surface area contributed by atoms with E-state index in [0.29, 0.717) is 0 Å². The minimum atomic E-state index is -11.1. The maximum absolute atomic E-state index is 11.1. The fourth-order valence-corrected chi connectivity index (χ4v) is 4.28. The maximum atomic E-state index is 9.91. The van der Waals surface area contributed by atoms with Gasteiger partial charge in [0.2, 0.25) is 0 Å². The van der Waals surface area contributed by atoms with E-state index in [9.17, 15) is 20.8 Å². The van der Waals surface area contributed by atoms with Crippen molar-refractivity contribution in [3.05, 3.63) is 90.5 Å². The van der Waals surface area contributed by atoms with Gasteiger partial charge in [0.25, 0.3) is 0 Å². The first-order valence-corrected chi connectivity index (χ1v) is 13.2. The second-order valence-corrected chi connectivity index (χ2v) is 11.8. The summed E-state index contributed by atoms with van der Waals surface area (Å²) >= 11 is -11.1. The number of benzene rings is 3. The molecule has 0 saturated carbocycles. The fraction of sp³-hybridized carbons (Fsp3) is 0.0526. The molecule has 0 aliphatic heterocycles. The molecule has 0 unspecified atom stereocenters. The van der Waals surface area contributed by atoms with Gasteiger partial charge in [0.05, 0.1) is 10.9 Å². The minimum absolute atomic E-state index is 0.0229. The van der Waals surface area contributed by atoms with E-state index in [1.54, 1.807) is 0 Å². The second kappa shape index (κ2) is 7.28. The normalized spacial score (nSPS) is 13.9. The molecule has 146 valence electrons. The Balaban J connectivity index is 0.000000321. The Labute approximate surface area is 158 Å². The fourth-order valence-electron chi connectivity index (χ4n) is 2.20. The predicted octanol–water partition coefficient (Wildman–Crippen LogP) is 7.23. The molecule has 3 aromatic carbocycles. The van der Waals surface area contributed by atoms with Crippen LogP contribution in [-0.2, 0) is 10.9 Å². The Morgan fingerprint density at radius 1 is 0.519 bits per heavy atom. The van der Waals surface area contributed by atoms with E-state index in [2.05, 4.69) is 91.9 Å². The molecule has 0 aliphatic carbocycles. The summed E-state index contributed by atoms with van der Waals surface area (Å²) in [7, 11) is -0.0229. The standard InChI is InChI=1S/C19H17S.AsF6/c1-16-12-14-19(15-13-16)20(17-8-4-2-5-9-17)18-10-6-3-7-11-18;2-1(3,4,5,6)7/h2-15H,1H3;/q+1;-1. The average Bonchev–Trinajstić information content (AvgIpc) is 2.56. The van der Waals surface area contributed by atoms with Gasteiger partial charge in [0, 0.05) is 0 Å². The Kier molecular flexibility index (Phi) is 5.79. The van der Waals surface area contributed by atoms with Crippen LogP contribution < -0.4 is 0 Å². The van der Waals surface area contributed by atoms with Gasteiger partial charge in [-0.2, -0.15) is 0 Å². The summed E-state index contributed by atoms with van der Waals surface area (Å²) in [5.41, 5.74) is 1.30. The molecule has 0 radical (unpaired) electrons. The monoisotopic (exact) mass is 466 g/mol. The number of halogens is 6. The van der Waals surface area contributed by atoms with Crippen molar-refractivity contribution in [2.75, 3.05) is 0 Å². The summed E-state index contributed by atoms with van der Waals surface area (Å²) in [6.07, 6.45) is 0. The molecule has 0 aromatic heterocycles. The van der Waals surface area contributed by atoms with Gasteiger partial charge >= 0.3 is 35.0 Å². The molecule has 0 N–H and O–H groups in total. The van der Waals surface area contributed by atoms with Crippen LogP contribution in [0.4, 0.5) is 20.8 Å². The molecule has 0 aliphatic rings. The van der Waals surface area contributed by atoms with E-state index >= 15 is 0 Å². The van der Waals surface area contributed by atoms with E-state index in [1.807, 2.05) is 0 Å². The van der Waals surface area contributed by atoms with Crippen molar-refractivity contribution >= 4 is 25.1 Å². The van der Waals surface area contributed by atoms with Crippen LogP contribution in [0, 0.1) is 6.92 Å². The Morgan fingerprint density at radius 3 is 1.15 bits per heavy atom. The molecule has 0 heterocycles. The Bertz CT molecular complexity index is 812. The van der Waals surface area contributed by atoms with Crippen LogP contribution in [0.1, 0.15) is 5.56 Å². The first kappa shape index (κ1) is 21.4. The van der Waals surface area contributed by atoms with E-state index in [4.69, 9.17) is 0 Å². The van der Waals surface area contributed by atoms with Crippen LogP contribution in [0.2, 0.25) is 0 Å². The number of aryl methyl sites for hydroxylation is 1. The van der Waals surface area contributed by atoms with Crippen molar-refractivity contribution in [3.63, 3.8) is 0 Å². The molecule has 0 saturated heterocycles. The molecule has 8 heteroatoms. The molecule has 0 fully saturated rings. The van der Waals surface area contributed by atoms with Crippen LogP contribution in [0.25, 0.3) is 0 Å². The number of hydrogen-bond donors (Lipinski definition) is 0. The zero-order chi connectivity index (χ0) is 20.2. The summed E-state index contributed by atoms with van der Waals surface area (Å²) in [6.45, 7) is 2.13. The van der Waals surface area contributed by atoms with Crippen molar-refractivity contribution in [2.45, 2.75) is 21.6 Å². The van der Waals surface area contributed by atoms with Gasteiger partial charge in [-0.1, -0.05) is 54.1 Å². The van der Waals surface area contributed by atoms with E-state index < -0.39 is 14.2 Å².